The molecule has 3 aromatic carbocycles. The topological polar surface area (TPSA) is 30.7 Å². The summed E-state index contributed by atoms with van der Waals surface area (Å²) in [6.07, 6.45) is 9.72. The van der Waals surface area contributed by atoms with Crippen LogP contribution >= 0.6 is 11.8 Å². The maximum absolute atomic E-state index is 5.01. The number of imidazole rings is 1. The number of allylic oxidation sites excluding steroid dienone is 2. The van der Waals surface area contributed by atoms with Gasteiger partial charge in [0.1, 0.15) is 0 Å². The van der Waals surface area contributed by atoms with Crippen LogP contribution in [0.3, 0.4) is 0 Å². The van der Waals surface area contributed by atoms with Crippen molar-refractivity contribution in [2.24, 2.45) is 5.92 Å². The van der Waals surface area contributed by atoms with Crippen molar-refractivity contribution in [3.05, 3.63) is 108 Å². The van der Waals surface area contributed by atoms with Gasteiger partial charge in [0.25, 0.3) is 0 Å². The summed E-state index contributed by atoms with van der Waals surface area (Å²) in [5.74, 6) is 1.73. The summed E-state index contributed by atoms with van der Waals surface area (Å²) in [7, 11) is 0. The molecule has 2 aliphatic heterocycles. The van der Waals surface area contributed by atoms with Gasteiger partial charge < -0.3 is 9.55 Å². The van der Waals surface area contributed by atoms with Gasteiger partial charge in [-0.05, 0) is 55.2 Å². The molecule has 3 aliphatic rings. The van der Waals surface area contributed by atoms with Crippen molar-refractivity contribution in [2.75, 3.05) is 0 Å². The molecule has 0 bridgehead atoms. The average molecular weight is 746 g/mol. The predicted molar refractivity (Wildman–Crippen MR) is 171 cm³/mol. The fourth-order valence-electron chi connectivity index (χ4n) is 6.86. The van der Waals surface area contributed by atoms with Crippen molar-refractivity contribution in [1.82, 2.24) is 14.5 Å². The monoisotopic (exact) mass is 746 g/mol. The van der Waals surface area contributed by atoms with E-state index in [1.54, 1.807) is 5.57 Å². The van der Waals surface area contributed by atoms with Crippen LogP contribution in [0.25, 0.3) is 39.3 Å². The summed E-state index contributed by atoms with van der Waals surface area (Å²) < 4.78 is 2.52. The van der Waals surface area contributed by atoms with Crippen LogP contribution in [0.5, 0.6) is 0 Å². The Kier molecular flexibility index (Phi) is 7.80. The van der Waals surface area contributed by atoms with Gasteiger partial charge in [0, 0.05) is 42.3 Å². The van der Waals surface area contributed by atoms with Crippen molar-refractivity contribution in [3.8, 4) is 22.6 Å². The quantitative estimate of drug-likeness (QED) is 0.169. The first-order chi connectivity index (χ1) is 19.8. The Labute approximate surface area is 267 Å². The molecule has 0 atom stereocenters. The molecule has 5 aromatic rings. The zero-order valence-electron chi connectivity index (χ0n) is 24.6. The van der Waals surface area contributed by atoms with Crippen LogP contribution in [-0.4, -0.2) is 14.5 Å². The molecule has 5 heteroatoms. The number of hydrogen-bond donors (Lipinski definition) is 0. The van der Waals surface area contributed by atoms with Crippen LogP contribution in [0, 0.1) is 18.1 Å². The van der Waals surface area contributed by atoms with Gasteiger partial charge in [-0.3, -0.25) is 4.98 Å². The van der Waals surface area contributed by atoms with Crippen LogP contribution in [0.15, 0.2) is 90.0 Å². The number of thioether (sulfide) groups is 1. The molecule has 4 heterocycles. The van der Waals surface area contributed by atoms with Gasteiger partial charge in [-0.2, -0.15) is 0 Å². The van der Waals surface area contributed by atoms with Crippen LogP contribution in [0.1, 0.15) is 64.5 Å². The summed E-state index contributed by atoms with van der Waals surface area (Å²) in [6, 6.07) is 31.8. The van der Waals surface area contributed by atoms with Crippen molar-refractivity contribution >= 4 is 28.4 Å². The van der Waals surface area contributed by atoms with Gasteiger partial charge in [0.2, 0.25) is 0 Å². The summed E-state index contributed by atoms with van der Waals surface area (Å²) >= 11 is 1.87. The van der Waals surface area contributed by atoms with E-state index in [1.807, 2.05) is 42.2 Å². The fraction of sp³-hybridized carbons (Fsp3) is 0.297. The Bertz CT molecular complexity index is 1780. The minimum Gasteiger partial charge on any atom is -0.355 e. The largest absolute Gasteiger partial charge is 0.355 e. The summed E-state index contributed by atoms with van der Waals surface area (Å²) in [5, 5.41) is 0. The molecule has 0 amide bonds. The molecule has 1 aliphatic carbocycles. The van der Waals surface area contributed by atoms with Gasteiger partial charge in [-0.25, -0.2) is 0 Å². The summed E-state index contributed by atoms with van der Waals surface area (Å²) in [4.78, 5) is 10.7. The molecular formula is C37H35IrN3S-2. The Morgan fingerprint density at radius 2 is 1.69 bits per heavy atom. The van der Waals surface area contributed by atoms with Gasteiger partial charge in [0.15, 0.2) is 0 Å². The molecule has 1 radical (unpaired) electrons. The molecule has 0 N–H and O–H groups in total. The molecule has 0 saturated heterocycles. The Morgan fingerprint density at radius 1 is 0.881 bits per heavy atom. The molecule has 215 valence electrons. The number of nitrogens with zero attached hydrogens (tertiary/aromatic N) is 3. The van der Waals surface area contributed by atoms with E-state index >= 15 is 0 Å². The maximum Gasteiger partial charge on any atom is 0.0777 e. The first-order valence-corrected chi connectivity index (χ1v) is 15.5. The number of aromatic nitrogens is 3. The van der Waals surface area contributed by atoms with E-state index in [0.29, 0.717) is 5.92 Å². The molecule has 42 heavy (non-hydrogen) atoms. The van der Waals surface area contributed by atoms with Crippen LogP contribution in [0.4, 0.5) is 0 Å². The third kappa shape index (κ3) is 5.00. The van der Waals surface area contributed by atoms with Crippen LogP contribution in [0.2, 0.25) is 0 Å². The Balaban J connectivity index is 0.000000161. The van der Waals surface area contributed by atoms with Crippen molar-refractivity contribution < 1.29 is 20.1 Å². The standard InChI is InChI=1S/C23H23N2.C14H12NS.Ir/c1-23(2)15-19(16-9-6-7-10-16)18-13-8-14-20-21(18)25(23)22(24-20)17-11-4-3-5-12-17;1-14(2)11-7-4-3-6-10(11)13-12(16-14)8-5-9-15-13;/h3-5,8,11,13-16H,6-7,9-10H2,1-2H3;3-5,7-9H,1-2H3;/q2*-1;. The molecule has 1 fully saturated rings. The number of pyridine rings is 1. The van der Waals surface area contributed by atoms with Gasteiger partial charge in [-0.15, -0.1) is 83.0 Å². The van der Waals surface area contributed by atoms with Gasteiger partial charge >= 0.3 is 0 Å². The molecular weight excluding hydrogens is 711 g/mol. The van der Waals surface area contributed by atoms with Gasteiger partial charge in [-0.1, -0.05) is 51.0 Å². The third-order valence-corrected chi connectivity index (χ3v) is 9.97. The van der Waals surface area contributed by atoms with E-state index < -0.39 is 0 Å². The Morgan fingerprint density at radius 3 is 2.48 bits per heavy atom. The van der Waals surface area contributed by atoms with Crippen LogP contribution in [-0.2, 0) is 30.4 Å². The summed E-state index contributed by atoms with van der Waals surface area (Å²) in [5.41, 5.74) is 9.86. The first-order valence-electron chi connectivity index (χ1n) is 14.7. The van der Waals surface area contributed by atoms with E-state index in [0.717, 1.165) is 28.2 Å². The first kappa shape index (κ1) is 29.1. The maximum atomic E-state index is 5.01. The Hall–Kier alpha value is -2.98. The second-order valence-corrected chi connectivity index (χ2v) is 14.0. The number of hydrogen-bond acceptors (Lipinski definition) is 3. The smallest absolute Gasteiger partial charge is 0.0777 e. The van der Waals surface area contributed by atoms with E-state index in [-0.39, 0.29) is 30.4 Å². The predicted octanol–water partition coefficient (Wildman–Crippen LogP) is 9.71. The number of para-hydroxylation sites is 1. The minimum absolute atomic E-state index is 0. The minimum atomic E-state index is -0.0833. The summed E-state index contributed by atoms with van der Waals surface area (Å²) in [6.45, 7) is 9.12. The third-order valence-electron chi connectivity index (χ3n) is 8.69. The van der Waals surface area contributed by atoms with Crippen LogP contribution < -0.4 is 0 Å². The second-order valence-electron chi connectivity index (χ2n) is 12.4. The van der Waals surface area contributed by atoms with E-state index in [2.05, 4.69) is 104 Å². The fourth-order valence-corrected chi connectivity index (χ4v) is 8.08. The second kappa shape index (κ2) is 11.3. The van der Waals surface area contributed by atoms with Crippen molar-refractivity contribution in [1.29, 1.82) is 0 Å². The molecule has 2 aromatic heterocycles. The van der Waals surface area contributed by atoms with E-state index in [9.17, 15) is 0 Å². The normalized spacial score (nSPS) is 17.8. The molecule has 0 unspecified atom stereocenters. The number of rotatable bonds is 2. The molecule has 0 spiro atoms. The SMILES string of the molecule is CC1(C)C=C(C2CCCC2)c2cccc3nc(-c4[c-]cccc4)n1c23.CC1(C)Sc2cccnc2-c2[c-]cccc21.[Ir]. The molecule has 3 nitrogen and oxygen atoms in total. The molecule has 1 saturated carbocycles. The van der Waals surface area contributed by atoms with E-state index in [4.69, 9.17) is 4.98 Å². The zero-order chi connectivity index (χ0) is 28.2. The van der Waals surface area contributed by atoms with Gasteiger partial charge in [0.05, 0.1) is 22.4 Å². The number of fused-ring (bicyclic) bond motifs is 3. The number of benzene rings is 3. The van der Waals surface area contributed by atoms with E-state index in [1.165, 1.54) is 47.2 Å². The van der Waals surface area contributed by atoms with Crippen molar-refractivity contribution in [3.63, 3.8) is 0 Å². The van der Waals surface area contributed by atoms with Crippen molar-refractivity contribution in [2.45, 2.75) is 68.6 Å². The molecule has 8 rings (SSSR count). The zero-order valence-corrected chi connectivity index (χ0v) is 27.8. The average Bonchev–Trinajstić information content (AvgIpc) is 3.66.